The maximum atomic E-state index is 12.2. The van der Waals surface area contributed by atoms with Crippen molar-refractivity contribution in [2.75, 3.05) is 0 Å². The molecule has 34 heavy (non-hydrogen) atoms. The second-order valence-electron chi connectivity index (χ2n) is 8.15. The van der Waals surface area contributed by atoms with Gasteiger partial charge in [0.1, 0.15) is 0 Å². The molecule has 0 unspecified atom stereocenters. The van der Waals surface area contributed by atoms with E-state index in [1.807, 2.05) is 66.7 Å². The Morgan fingerprint density at radius 1 is 0.588 bits per heavy atom. The van der Waals surface area contributed by atoms with Crippen molar-refractivity contribution < 1.29 is 24.2 Å². The maximum Gasteiger partial charge on any atom is 0.377 e. The molecule has 164 valence electrons. The summed E-state index contributed by atoms with van der Waals surface area (Å²) in [5.74, 6) is -2.69. The Labute approximate surface area is 194 Å². The van der Waals surface area contributed by atoms with Gasteiger partial charge in [0.2, 0.25) is 0 Å². The van der Waals surface area contributed by atoms with Crippen LogP contribution in [-0.4, -0.2) is 16.9 Å². The molecule has 0 radical (unpaired) electrons. The molecule has 0 amide bonds. The normalized spacial score (nSPS) is 13.8. The molecule has 1 aliphatic rings. The number of hydrogen-bond donors (Lipinski definition) is 1. The van der Waals surface area contributed by atoms with E-state index >= 15 is 0 Å². The van der Waals surface area contributed by atoms with E-state index in [2.05, 4.69) is 12.1 Å². The van der Waals surface area contributed by atoms with Crippen LogP contribution in [0.5, 0.6) is 11.5 Å². The lowest BCUT2D eigenvalue weighted by atomic mass is 9.95. The number of ether oxygens (including phenoxy) is 2. The third-order valence-electron chi connectivity index (χ3n) is 6.18. The number of Topliss-reactive ketones (excluding diaryl/α,β-unsaturated/α-hetero) is 1. The highest BCUT2D eigenvalue weighted by molar-refractivity contribution is 6.39. The first-order valence-electron chi connectivity index (χ1n) is 10.8. The van der Waals surface area contributed by atoms with Crippen molar-refractivity contribution in [2.24, 2.45) is 0 Å². The van der Waals surface area contributed by atoms with Gasteiger partial charge in [-0.15, -0.1) is 0 Å². The van der Waals surface area contributed by atoms with Gasteiger partial charge < -0.3 is 14.6 Å². The third kappa shape index (κ3) is 2.87. The van der Waals surface area contributed by atoms with Crippen LogP contribution in [-0.2, 0) is 10.6 Å². The molecule has 0 saturated carbocycles. The number of benzene rings is 5. The van der Waals surface area contributed by atoms with Gasteiger partial charge in [-0.05, 0) is 16.8 Å². The molecule has 0 saturated heterocycles. The minimum Gasteiger partial charge on any atom is -0.475 e. The lowest BCUT2D eigenvalue weighted by Crippen LogP contribution is -2.37. The van der Waals surface area contributed by atoms with Gasteiger partial charge in [0.05, 0.1) is 0 Å². The molecule has 1 heterocycles. The van der Waals surface area contributed by atoms with E-state index in [-0.39, 0.29) is 5.56 Å². The maximum absolute atomic E-state index is 12.2. The van der Waals surface area contributed by atoms with Crippen LogP contribution in [0, 0.1) is 0 Å². The van der Waals surface area contributed by atoms with Crippen LogP contribution < -0.4 is 9.47 Å². The van der Waals surface area contributed by atoms with E-state index in [0.29, 0.717) is 17.1 Å². The highest BCUT2D eigenvalue weighted by atomic mass is 16.7. The van der Waals surface area contributed by atoms with E-state index in [9.17, 15) is 14.7 Å². The molecule has 5 aromatic rings. The molecule has 0 aromatic heterocycles. The summed E-state index contributed by atoms with van der Waals surface area (Å²) in [6, 6.07) is 31.9. The van der Waals surface area contributed by atoms with E-state index in [1.165, 1.54) is 12.1 Å². The van der Waals surface area contributed by atoms with Gasteiger partial charge >= 0.3 is 11.8 Å². The zero-order valence-electron chi connectivity index (χ0n) is 17.9. The molecule has 0 spiro atoms. The summed E-state index contributed by atoms with van der Waals surface area (Å²) in [5, 5.41) is 13.1. The summed E-state index contributed by atoms with van der Waals surface area (Å²) in [7, 11) is 0. The number of carboxylic acids is 1. The monoisotopic (exact) mass is 446 g/mol. The van der Waals surface area contributed by atoms with Crippen LogP contribution >= 0.6 is 0 Å². The molecule has 0 fully saturated rings. The highest BCUT2D eigenvalue weighted by Gasteiger charge is 2.47. The van der Waals surface area contributed by atoms with Gasteiger partial charge in [-0.3, -0.25) is 4.79 Å². The van der Waals surface area contributed by atoms with E-state index in [4.69, 9.17) is 9.47 Å². The number of fused-ring (bicyclic) bond motifs is 6. The molecule has 0 bridgehead atoms. The first-order chi connectivity index (χ1) is 16.6. The Balaban J connectivity index is 1.64. The van der Waals surface area contributed by atoms with Crippen molar-refractivity contribution in [1.29, 1.82) is 0 Å². The SMILES string of the molecule is O=C(O)C(=O)c1cccc(C2(c3ccccc3)Oc3c(c4ccccc4c4ccccc34)O2)c1. The molecule has 6 rings (SSSR count). The highest BCUT2D eigenvalue weighted by Crippen LogP contribution is 2.54. The summed E-state index contributed by atoms with van der Waals surface area (Å²) in [5.41, 5.74) is 1.30. The quantitative estimate of drug-likeness (QED) is 0.210. The summed E-state index contributed by atoms with van der Waals surface area (Å²) in [6.07, 6.45) is 0. The fourth-order valence-electron chi connectivity index (χ4n) is 4.64. The van der Waals surface area contributed by atoms with Crippen molar-refractivity contribution >= 4 is 33.3 Å². The van der Waals surface area contributed by atoms with Crippen molar-refractivity contribution in [3.63, 3.8) is 0 Å². The van der Waals surface area contributed by atoms with Crippen LogP contribution in [0.4, 0.5) is 0 Å². The van der Waals surface area contributed by atoms with Crippen molar-refractivity contribution in [3.8, 4) is 11.5 Å². The van der Waals surface area contributed by atoms with Gasteiger partial charge in [0, 0.05) is 27.5 Å². The predicted molar refractivity (Wildman–Crippen MR) is 128 cm³/mol. The van der Waals surface area contributed by atoms with E-state index in [1.54, 1.807) is 12.1 Å². The molecule has 0 aliphatic carbocycles. The number of carboxylic acid groups (broad SMARTS) is 1. The second kappa shape index (κ2) is 7.46. The predicted octanol–water partition coefficient (Wildman–Crippen LogP) is 5.93. The number of rotatable bonds is 4. The largest absolute Gasteiger partial charge is 0.475 e. The van der Waals surface area contributed by atoms with Crippen molar-refractivity contribution in [1.82, 2.24) is 0 Å². The lowest BCUT2D eigenvalue weighted by Gasteiger charge is -2.29. The van der Waals surface area contributed by atoms with Gasteiger partial charge in [-0.1, -0.05) is 97.1 Å². The smallest absolute Gasteiger partial charge is 0.377 e. The molecule has 5 heteroatoms. The minimum atomic E-state index is -1.51. The van der Waals surface area contributed by atoms with Gasteiger partial charge in [-0.2, -0.15) is 0 Å². The Morgan fingerprint density at radius 3 is 1.65 bits per heavy atom. The minimum absolute atomic E-state index is 0.0539. The molecule has 1 N–H and O–H groups in total. The topological polar surface area (TPSA) is 72.8 Å². The summed E-state index contributed by atoms with van der Waals surface area (Å²) < 4.78 is 13.4. The fraction of sp³-hybridized carbons (Fsp3) is 0.0345. The van der Waals surface area contributed by atoms with Gasteiger partial charge in [-0.25, -0.2) is 4.79 Å². The van der Waals surface area contributed by atoms with E-state index < -0.39 is 17.5 Å². The molecule has 1 aliphatic heterocycles. The number of carbonyl (C=O) groups is 2. The Morgan fingerprint density at radius 2 is 1.09 bits per heavy atom. The van der Waals surface area contributed by atoms with E-state index in [0.717, 1.165) is 27.1 Å². The van der Waals surface area contributed by atoms with Crippen molar-refractivity contribution in [3.05, 3.63) is 120 Å². The Bertz CT molecular complexity index is 1540. The zero-order valence-corrected chi connectivity index (χ0v) is 17.9. The second-order valence-corrected chi connectivity index (χ2v) is 8.15. The summed E-state index contributed by atoms with van der Waals surface area (Å²) in [6.45, 7) is 0. The molecular formula is C29H18O5. The average Bonchev–Trinajstić information content (AvgIpc) is 3.32. The standard InChI is InChI=1S/C29H18O5/c30-25(28(31)32)18-9-8-12-20(17-18)29(19-10-2-1-3-11-19)33-26-23-15-6-4-13-21(23)22-14-5-7-16-24(22)27(26)34-29/h1-17H,(H,31,32). The van der Waals surface area contributed by atoms with Crippen LogP contribution in [0.3, 0.4) is 0 Å². The summed E-state index contributed by atoms with van der Waals surface area (Å²) in [4.78, 5) is 23.6. The first kappa shape index (κ1) is 20.0. The molecule has 5 nitrogen and oxygen atoms in total. The molecule has 5 aromatic carbocycles. The number of ketones is 1. The van der Waals surface area contributed by atoms with Crippen molar-refractivity contribution in [2.45, 2.75) is 5.79 Å². The zero-order chi connectivity index (χ0) is 23.3. The van der Waals surface area contributed by atoms with Gasteiger partial charge in [0.25, 0.3) is 5.78 Å². The molecule has 0 atom stereocenters. The number of hydrogen-bond acceptors (Lipinski definition) is 4. The summed E-state index contributed by atoms with van der Waals surface area (Å²) >= 11 is 0. The Hall–Kier alpha value is -4.64. The average molecular weight is 446 g/mol. The third-order valence-corrected chi connectivity index (χ3v) is 6.18. The number of carbonyl (C=O) groups excluding carboxylic acids is 1. The van der Waals surface area contributed by atoms with Gasteiger partial charge in [0.15, 0.2) is 11.5 Å². The lowest BCUT2D eigenvalue weighted by molar-refractivity contribution is -0.131. The van der Waals surface area contributed by atoms with Crippen LogP contribution in [0.25, 0.3) is 21.5 Å². The van der Waals surface area contributed by atoms with Crippen LogP contribution in [0.15, 0.2) is 103 Å². The van der Waals surface area contributed by atoms with Crippen LogP contribution in [0.2, 0.25) is 0 Å². The number of aliphatic carboxylic acids is 1. The van der Waals surface area contributed by atoms with Crippen LogP contribution in [0.1, 0.15) is 21.5 Å². The first-order valence-corrected chi connectivity index (χ1v) is 10.8. The Kier molecular flexibility index (Phi) is 4.39. The molecular weight excluding hydrogens is 428 g/mol. The fourth-order valence-corrected chi connectivity index (χ4v) is 4.64.